The molecule has 1 saturated carbocycles. The number of hydrogen-bond acceptors (Lipinski definition) is 2. The van der Waals surface area contributed by atoms with E-state index in [4.69, 9.17) is 23.2 Å². The molecule has 156 valence electrons. The van der Waals surface area contributed by atoms with E-state index in [0.717, 1.165) is 44.8 Å². The molecular formula is C23H34Cl2N2O. The van der Waals surface area contributed by atoms with Gasteiger partial charge in [0.05, 0.1) is 10.0 Å². The number of nitrogens with zero attached hydrogens (tertiary/aromatic N) is 1. The monoisotopic (exact) mass is 424 g/mol. The van der Waals surface area contributed by atoms with Crippen molar-refractivity contribution in [3.63, 3.8) is 0 Å². The Balaban J connectivity index is 1.28. The van der Waals surface area contributed by atoms with Crippen molar-refractivity contribution in [2.24, 2.45) is 5.92 Å². The second kappa shape index (κ2) is 11.4. The fourth-order valence-electron chi connectivity index (χ4n) is 4.63. The Morgan fingerprint density at radius 2 is 1.75 bits per heavy atom. The van der Waals surface area contributed by atoms with Crippen molar-refractivity contribution in [3.8, 4) is 0 Å². The summed E-state index contributed by atoms with van der Waals surface area (Å²) in [5.74, 6) is 1.17. The maximum absolute atomic E-state index is 12.3. The molecule has 0 atom stereocenters. The zero-order valence-electron chi connectivity index (χ0n) is 16.9. The summed E-state index contributed by atoms with van der Waals surface area (Å²) in [7, 11) is 0. The van der Waals surface area contributed by atoms with E-state index in [1.807, 2.05) is 18.2 Å². The normalized spacial score (nSPS) is 19.6. The van der Waals surface area contributed by atoms with Gasteiger partial charge >= 0.3 is 0 Å². The van der Waals surface area contributed by atoms with Gasteiger partial charge in [0.15, 0.2) is 0 Å². The molecule has 1 saturated heterocycles. The first kappa shape index (κ1) is 21.9. The Kier molecular flexibility index (Phi) is 8.95. The number of rotatable bonds is 8. The molecule has 1 aromatic carbocycles. The lowest BCUT2D eigenvalue weighted by Gasteiger charge is -2.32. The van der Waals surface area contributed by atoms with Gasteiger partial charge in [-0.3, -0.25) is 9.69 Å². The van der Waals surface area contributed by atoms with Crippen LogP contribution in [0.4, 0.5) is 0 Å². The molecule has 0 bridgehead atoms. The maximum atomic E-state index is 12.3. The van der Waals surface area contributed by atoms with Gasteiger partial charge in [-0.05, 0) is 42.9 Å². The molecule has 1 aromatic rings. The second-order valence-electron chi connectivity index (χ2n) is 8.62. The van der Waals surface area contributed by atoms with Crippen LogP contribution in [0.25, 0.3) is 0 Å². The van der Waals surface area contributed by atoms with Crippen LogP contribution in [0.15, 0.2) is 18.2 Å². The van der Waals surface area contributed by atoms with Crippen LogP contribution >= 0.6 is 23.2 Å². The van der Waals surface area contributed by atoms with Crippen molar-refractivity contribution in [1.29, 1.82) is 0 Å². The Morgan fingerprint density at radius 1 is 1.00 bits per heavy atom. The maximum Gasteiger partial charge on any atom is 0.220 e. The van der Waals surface area contributed by atoms with E-state index >= 15 is 0 Å². The summed E-state index contributed by atoms with van der Waals surface area (Å²) in [5.41, 5.74) is 1.19. The van der Waals surface area contributed by atoms with Crippen molar-refractivity contribution < 1.29 is 4.79 Å². The molecule has 2 fully saturated rings. The largest absolute Gasteiger partial charge is 0.353 e. The standard InChI is InChI=1S/C23H34Cl2N2O/c24-21-11-10-19(16-22(21)25)17-27-14-12-20(13-15-27)26-23(28)9-5-4-8-18-6-2-1-3-7-18/h10-11,16,18,20H,1-9,12-15,17H2,(H,26,28). The highest BCUT2D eigenvalue weighted by molar-refractivity contribution is 6.42. The van der Waals surface area contributed by atoms with E-state index in [9.17, 15) is 4.79 Å². The van der Waals surface area contributed by atoms with Crippen molar-refractivity contribution >= 4 is 29.1 Å². The molecule has 3 nitrogen and oxygen atoms in total. The third kappa shape index (κ3) is 7.24. The van der Waals surface area contributed by atoms with E-state index in [1.165, 1.54) is 50.5 Å². The number of carbonyl (C=O) groups excluding carboxylic acids is 1. The van der Waals surface area contributed by atoms with Crippen LogP contribution in [0.2, 0.25) is 10.0 Å². The highest BCUT2D eigenvalue weighted by Gasteiger charge is 2.21. The van der Waals surface area contributed by atoms with E-state index in [0.29, 0.717) is 22.5 Å². The van der Waals surface area contributed by atoms with Gasteiger partial charge in [0, 0.05) is 32.1 Å². The summed E-state index contributed by atoms with van der Waals surface area (Å²) in [6, 6.07) is 6.18. The molecule has 0 unspecified atom stereocenters. The highest BCUT2D eigenvalue weighted by atomic mass is 35.5. The molecule has 0 spiro atoms. The van der Waals surface area contributed by atoms with Gasteiger partial charge in [0.2, 0.25) is 5.91 Å². The van der Waals surface area contributed by atoms with Gasteiger partial charge in [-0.15, -0.1) is 0 Å². The highest BCUT2D eigenvalue weighted by Crippen LogP contribution is 2.28. The van der Waals surface area contributed by atoms with Crippen LogP contribution in [0.1, 0.15) is 76.2 Å². The molecule has 2 aliphatic rings. The van der Waals surface area contributed by atoms with Gasteiger partial charge in [0.1, 0.15) is 0 Å². The van der Waals surface area contributed by atoms with E-state index < -0.39 is 0 Å². The van der Waals surface area contributed by atoms with E-state index in [2.05, 4.69) is 10.2 Å². The van der Waals surface area contributed by atoms with Crippen LogP contribution < -0.4 is 5.32 Å². The zero-order valence-corrected chi connectivity index (χ0v) is 18.4. The molecule has 1 N–H and O–H groups in total. The molecule has 1 heterocycles. The molecule has 5 heteroatoms. The number of benzene rings is 1. The van der Waals surface area contributed by atoms with E-state index in [-0.39, 0.29) is 5.91 Å². The van der Waals surface area contributed by atoms with Crippen LogP contribution in [0.3, 0.4) is 0 Å². The minimum absolute atomic E-state index is 0.242. The molecule has 0 radical (unpaired) electrons. The number of nitrogens with one attached hydrogen (secondary N) is 1. The molecule has 1 amide bonds. The number of likely N-dealkylation sites (tertiary alicyclic amines) is 1. The summed E-state index contributed by atoms with van der Waals surface area (Å²) in [5, 5.41) is 4.47. The molecule has 1 aliphatic carbocycles. The smallest absolute Gasteiger partial charge is 0.220 e. The Labute approximate surface area is 180 Å². The average molecular weight is 425 g/mol. The van der Waals surface area contributed by atoms with Crippen LogP contribution in [0.5, 0.6) is 0 Å². The Morgan fingerprint density at radius 3 is 2.46 bits per heavy atom. The van der Waals surface area contributed by atoms with Gasteiger partial charge in [-0.1, -0.05) is 74.2 Å². The number of carbonyl (C=O) groups is 1. The summed E-state index contributed by atoms with van der Waals surface area (Å²) in [6.07, 6.45) is 13.4. The molecule has 1 aliphatic heterocycles. The van der Waals surface area contributed by atoms with Crippen molar-refractivity contribution in [1.82, 2.24) is 10.2 Å². The summed E-state index contributed by atoms with van der Waals surface area (Å²) >= 11 is 12.1. The zero-order chi connectivity index (χ0) is 19.8. The average Bonchev–Trinajstić information content (AvgIpc) is 2.70. The molecular weight excluding hydrogens is 391 g/mol. The first-order chi connectivity index (χ1) is 13.6. The lowest BCUT2D eigenvalue weighted by molar-refractivity contribution is -0.122. The van der Waals surface area contributed by atoms with Crippen LogP contribution in [0, 0.1) is 5.92 Å². The van der Waals surface area contributed by atoms with Gasteiger partial charge in [0.25, 0.3) is 0 Å². The lowest BCUT2D eigenvalue weighted by Crippen LogP contribution is -2.44. The first-order valence-electron chi connectivity index (χ1n) is 11.1. The SMILES string of the molecule is O=C(CCCCC1CCCCC1)NC1CCN(Cc2ccc(Cl)c(Cl)c2)CC1. The molecule has 0 aromatic heterocycles. The number of piperidine rings is 1. The Bertz CT molecular complexity index is 623. The van der Waals surface area contributed by atoms with Crippen molar-refractivity contribution in [3.05, 3.63) is 33.8 Å². The number of amides is 1. The predicted octanol–water partition coefficient (Wildman–Crippen LogP) is 6.21. The fourth-order valence-corrected chi connectivity index (χ4v) is 4.95. The minimum Gasteiger partial charge on any atom is -0.353 e. The van der Waals surface area contributed by atoms with Gasteiger partial charge < -0.3 is 5.32 Å². The third-order valence-electron chi connectivity index (χ3n) is 6.33. The van der Waals surface area contributed by atoms with Crippen LogP contribution in [-0.2, 0) is 11.3 Å². The quantitative estimate of drug-likeness (QED) is 0.502. The summed E-state index contributed by atoms with van der Waals surface area (Å²) < 4.78 is 0. The lowest BCUT2D eigenvalue weighted by atomic mass is 9.85. The molecule has 28 heavy (non-hydrogen) atoms. The predicted molar refractivity (Wildman–Crippen MR) is 118 cm³/mol. The van der Waals surface area contributed by atoms with Gasteiger partial charge in [-0.2, -0.15) is 0 Å². The first-order valence-corrected chi connectivity index (χ1v) is 11.8. The van der Waals surface area contributed by atoms with E-state index in [1.54, 1.807) is 0 Å². The van der Waals surface area contributed by atoms with Crippen molar-refractivity contribution in [2.75, 3.05) is 13.1 Å². The van der Waals surface area contributed by atoms with Gasteiger partial charge in [-0.25, -0.2) is 0 Å². The molecule has 3 rings (SSSR count). The summed E-state index contributed by atoms with van der Waals surface area (Å²) in [6.45, 7) is 2.90. The van der Waals surface area contributed by atoms with Crippen molar-refractivity contribution in [2.45, 2.75) is 83.2 Å². The summed E-state index contributed by atoms with van der Waals surface area (Å²) in [4.78, 5) is 14.7. The van der Waals surface area contributed by atoms with Crippen LogP contribution in [-0.4, -0.2) is 29.9 Å². The minimum atomic E-state index is 0.242. The number of unbranched alkanes of at least 4 members (excludes halogenated alkanes) is 1. The fraction of sp³-hybridized carbons (Fsp3) is 0.696. The third-order valence-corrected chi connectivity index (χ3v) is 7.07. The second-order valence-corrected chi connectivity index (χ2v) is 9.43. The number of halogens is 2. The Hall–Kier alpha value is -0.770. The number of hydrogen-bond donors (Lipinski definition) is 1. The topological polar surface area (TPSA) is 32.3 Å².